The second kappa shape index (κ2) is 8.36. The van der Waals surface area contributed by atoms with Crippen LogP contribution in [0.3, 0.4) is 0 Å². The Balaban J connectivity index is 3.23. The van der Waals surface area contributed by atoms with Crippen molar-refractivity contribution in [1.82, 2.24) is 5.32 Å². The normalized spacial score (nSPS) is 11.8. The van der Waals surface area contributed by atoms with E-state index in [1.165, 1.54) is 0 Å². The maximum Gasteiger partial charge on any atom is 0.305 e. The van der Waals surface area contributed by atoms with Crippen LogP contribution in [0.4, 0.5) is 0 Å². The first-order valence-corrected chi connectivity index (χ1v) is 6.82. The molecule has 21 heavy (non-hydrogen) atoms. The molecule has 1 unspecified atom stereocenters. The summed E-state index contributed by atoms with van der Waals surface area (Å²) in [5.74, 6) is 0.785. The van der Waals surface area contributed by atoms with E-state index >= 15 is 0 Å². The molecular formula is C15H23NO5. The van der Waals surface area contributed by atoms with Crippen LogP contribution in [0, 0.1) is 0 Å². The summed E-state index contributed by atoms with van der Waals surface area (Å²) in [6.07, 6.45) is 0.873. The van der Waals surface area contributed by atoms with Gasteiger partial charge in [0.05, 0.1) is 27.8 Å². The van der Waals surface area contributed by atoms with Crippen LogP contribution in [0.5, 0.6) is 17.2 Å². The minimum Gasteiger partial charge on any atom is -0.496 e. The predicted molar refractivity (Wildman–Crippen MR) is 79.4 cm³/mol. The Morgan fingerprint density at radius 2 is 1.71 bits per heavy atom. The van der Waals surface area contributed by atoms with Crippen LogP contribution in [0.1, 0.15) is 31.4 Å². The molecule has 1 atom stereocenters. The lowest BCUT2D eigenvalue weighted by molar-refractivity contribution is -0.137. The number of carboxylic acids is 1. The molecule has 1 aromatic rings. The van der Waals surface area contributed by atoms with E-state index in [0.29, 0.717) is 17.2 Å². The van der Waals surface area contributed by atoms with E-state index < -0.39 is 5.97 Å². The molecule has 118 valence electrons. The Kier molecular flexibility index (Phi) is 6.81. The zero-order valence-electron chi connectivity index (χ0n) is 12.9. The Labute approximate surface area is 125 Å². The SMILES string of the molecule is CCCNC(CC(=O)O)c1cc(OC)c(OC)cc1OC. The molecule has 0 fully saturated rings. The van der Waals surface area contributed by atoms with Crippen LogP contribution < -0.4 is 19.5 Å². The van der Waals surface area contributed by atoms with Crippen molar-refractivity contribution in [2.24, 2.45) is 0 Å². The van der Waals surface area contributed by atoms with Crippen molar-refractivity contribution in [3.8, 4) is 17.2 Å². The highest BCUT2D eigenvalue weighted by atomic mass is 16.5. The molecule has 0 amide bonds. The molecule has 1 rings (SSSR count). The molecule has 0 aliphatic heterocycles. The van der Waals surface area contributed by atoms with Gasteiger partial charge in [-0.15, -0.1) is 0 Å². The number of carboxylic acid groups (broad SMARTS) is 1. The summed E-state index contributed by atoms with van der Waals surface area (Å²) in [5, 5.41) is 12.3. The molecule has 0 saturated carbocycles. The fourth-order valence-corrected chi connectivity index (χ4v) is 2.11. The van der Waals surface area contributed by atoms with Gasteiger partial charge in [-0.25, -0.2) is 0 Å². The van der Waals surface area contributed by atoms with Gasteiger partial charge in [0.1, 0.15) is 5.75 Å². The number of nitrogens with one attached hydrogen (secondary N) is 1. The average Bonchev–Trinajstić information content (AvgIpc) is 2.49. The van der Waals surface area contributed by atoms with Gasteiger partial charge < -0.3 is 24.6 Å². The van der Waals surface area contributed by atoms with Crippen molar-refractivity contribution in [3.63, 3.8) is 0 Å². The van der Waals surface area contributed by atoms with Gasteiger partial charge in [-0.3, -0.25) is 4.79 Å². The van der Waals surface area contributed by atoms with Crippen LogP contribution >= 0.6 is 0 Å². The average molecular weight is 297 g/mol. The smallest absolute Gasteiger partial charge is 0.305 e. The summed E-state index contributed by atoms with van der Waals surface area (Å²) in [6.45, 7) is 2.74. The van der Waals surface area contributed by atoms with Crippen molar-refractivity contribution < 1.29 is 24.1 Å². The van der Waals surface area contributed by atoms with Gasteiger partial charge in [-0.05, 0) is 19.0 Å². The highest BCUT2D eigenvalue weighted by Gasteiger charge is 2.21. The quantitative estimate of drug-likeness (QED) is 0.728. The maximum absolute atomic E-state index is 11.1. The van der Waals surface area contributed by atoms with E-state index in [0.717, 1.165) is 18.5 Å². The lowest BCUT2D eigenvalue weighted by Gasteiger charge is -2.21. The van der Waals surface area contributed by atoms with Crippen molar-refractivity contribution in [3.05, 3.63) is 17.7 Å². The fourth-order valence-electron chi connectivity index (χ4n) is 2.11. The molecule has 0 aliphatic rings. The number of aliphatic carboxylic acids is 1. The lowest BCUT2D eigenvalue weighted by Crippen LogP contribution is -2.25. The third-order valence-corrected chi connectivity index (χ3v) is 3.13. The van der Waals surface area contributed by atoms with Crippen LogP contribution in [0.25, 0.3) is 0 Å². The first kappa shape index (κ1) is 17.1. The van der Waals surface area contributed by atoms with Gasteiger partial charge >= 0.3 is 5.97 Å². The maximum atomic E-state index is 11.1. The Morgan fingerprint density at radius 3 is 2.19 bits per heavy atom. The van der Waals surface area contributed by atoms with Crippen LogP contribution in [0.15, 0.2) is 12.1 Å². The van der Waals surface area contributed by atoms with Gasteiger partial charge in [0.2, 0.25) is 0 Å². The van der Waals surface area contributed by atoms with Crippen molar-refractivity contribution in [2.75, 3.05) is 27.9 Å². The van der Waals surface area contributed by atoms with Crippen molar-refractivity contribution in [2.45, 2.75) is 25.8 Å². The van der Waals surface area contributed by atoms with E-state index in [9.17, 15) is 4.79 Å². The van der Waals surface area contributed by atoms with E-state index in [1.807, 2.05) is 6.92 Å². The zero-order chi connectivity index (χ0) is 15.8. The van der Waals surface area contributed by atoms with Gasteiger partial charge in [0.15, 0.2) is 11.5 Å². The highest BCUT2D eigenvalue weighted by Crippen LogP contribution is 2.38. The molecule has 0 radical (unpaired) electrons. The molecule has 0 heterocycles. The number of hydrogen-bond donors (Lipinski definition) is 2. The summed E-state index contributed by atoms with van der Waals surface area (Å²) < 4.78 is 15.9. The number of carbonyl (C=O) groups is 1. The first-order valence-electron chi connectivity index (χ1n) is 6.82. The second-order valence-corrected chi connectivity index (χ2v) is 4.55. The molecule has 2 N–H and O–H groups in total. The molecule has 0 bridgehead atoms. The second-order valence-electron chi connectivity index (χ2n) is 4.55. The number of methoxy groups -OCH3 is 3. The van der Waals surface area contributed by atoms with Gasteiger partial charge in [0.25, 0.3) is 0 Å². The number of hydrogen-bond acceptors (Lipinski definition) is 5. The van der Waals surface area contributed by atoms with E-state index in [-0.39, 0.29) is 12.5 Å². The van der Waals surface area contributed by atoms with Crippen molar-refractivity contribution >= 4 is 5.97 Å². The number of ether oxygens (including phenoxy) is 3. The van der Waals surface area contributed by atoms with E-state index in [4.69, 9.17) is 19.3 Å². The van der Waals surface area contributed by atoms with E-state index in [1.54, 1.807) is 33.5 Å². The topological polar surface area (TPSA) is 77.0 Å². The Morgan fingerprint density at radius 1 is 1.14 bits per heavy atom. The lowest BCUT2D eigenvalue weighted by atomic mass is 10.0. The predicted octanol–water partition coefficient (Wildman–Crippen LogP) is 2.23. The molecule has 6 heteroatoms. The molecule has 0 aliphatic carbocycles. The Bertz CT molecular complexity index is 475. The summed E-state index contributed by atoms with van der Waals surface area (Å²) >= 11 is 0. The minimum absolute atomic E-state index is 0.0359. The van der Waals surface area contributed by atoms with E-state index in [2.05, 4.69) is 5.32 Å². The largest absolute Gasteiger partial charge is 0.496 e. The molecule has 0 saturated heterocycles. The summed E-state index contributed by atoms with van der Waals surface area (Å²) in [7, 11) is 4.63. The fraction of sp³-hybridized carbons (Fsp3) is 0.533. The van der Waals surface area contributed by atoms with Gasteiger partial charge in [-0.2, -0.15) is 0 Å². The molecule has 6 nitrogen and oxygen atoms in total. The zero-order valence-corrected chi connectivity index (χ0v) is 12.9. The summed E-state index contributed by atoms with van der Waals surface area (Å²) in [6, 6.07) is 3.11. The highest BCUT2D eigenvalue weighted by molar-refractivity contribution is 5.68. The van der Waals surface area contributed by atoms with Crippen LogP contribution in [-0.4, -0.2) is 38.9 Å². The van der Waals surface area contributed by atoms with Crippen LogP contribution in [0.2, 0.25) is 0 Å². The molecule has 0 spiro atoms. The van der Waals surface area contributed by atoms with Crippen molar-refractivity contribution in [1.29, 1.82) is 0 Å². The molecule has 1 aromatic carbocycles. The monoisotopic (exact) mass is 297 g/mol. The summed E-state index contributed by atoms with van der Waals surface area (Å²) in [4.78, 5) is 11.1. The number of rotatable bonds is 9. The third-order valence-electron chi connectivity index (χ3n) is 3.13. The standard InChI is InChI=1S/C15H23NO5/c1-5-6-16-11(8-15(17)18)10-7-13(20-3)14(21-4)9-12(10)19-2/h7,9,11,16H,5-6,8H2,1-4H3,(H,17,18). The summed E-state index contributed by atoms with van der Waals surface area (Å²) in [5.41, 5.74) is 0.742. The number of benzene rings is 1. The molecule has 0 aromatic heterocycles. The first-order chi connectivity index (χ1) is 10.1. The van der Waals surface area contributed by atoms with Crippen LogP contribution in [-0.2, 0) is 4.79 Å². The van der Waals surface area contributed by atoms with Gasteiger partial charge in [-0.1, -0.05) is 6.92 Å². The van der Waals surface area contributed by atoms with Gasteiger partial charge in [0, 0.05) is 17.7 Å². The molecular weight excluding hydrogens is 274 g/mol. The minimum atomic E-state index is -0.875. The third kappa shape index (κ3) is 4.53. The Hall–Kier alpha value is -1.95.